The average molecular weight is 292 g/mol. The molecule has 0 atom stereocenters. The minimum Gasteiger partial charge on any atom is -0.497 e. The summed E-state index contributed by atoms with van der Waals surface area (Å²) in [6.07, 6.45) is 0. The molecule has 106 valence electrons. The van der Waals surface area contributed by atoms with Crippen LogP contribution in [0.1, 0.15) is 5.56 Å². The number of sulfonamides is 1. The van der Waals surface area contributed by atoms with E-state index in [1.807, 2.05) is 24.3 Å². The van der Waals surface area contributed by atoms with Crippen molar-refractivity contribution in [2.24, 2.45) is 5.14 Å². The summed E-state index contributed by atoms with van der Waals surface area (Å²) < 4.78 is 28.1. The molecule has 0 aliphatic heterocycles. The first-order valence-electron chi connectivity index (χ1n) is 5.99. The Bertz CT molecular complexity index is 699. The van der Waals surface area contributed by atoms with Crippen LogP contribution in [0.4, 0.5) is 5.69 Å². The normalized spacial score (nSPS) is 11.1. The Morgan fingerprint density at radius 3 is 2.60 bits per heavy atom. The fourth-order valence-corrected chi connectivity index (χ4v) is 2.56. The highest BCUT2D eigenvalue weighted by Crippen LogP contribution is 2.20. The summed E-state index contributed by atoms with van der Waals surface area (Å²) in [5, 5.41) is 8.26. The van der Waals surface area contributed by atoms with Crippen molar-refractivity contribution >= 4 is 15.7 Å². The molecule has 0 aromatic heterocycles. The molecule has 0 radical (unpaired) electrons. The van der Waals surface area contributed by atoms with E-state index < -0.39 is 10.0 Å². The maximum atomic E-state index is 11.5. The van der Waals surface area contributed by atoms with Gasteiger partial charge in [0.15, 0.2) is 0 Å². The molecule has 0 amide bonds. The summed E-state index contributed by atoms with van der Waals surface area (Å²) in [6, 6.07) is 14.1. The fraction of sp³-hybridized carbons (Fsp3) is 0.143. The number of primary sulfonamides is 1. The van der Waals surface area contributed by atoms with Gasteiger partial charge in [0.25, 0.3) is 0 Å². The summed E-state index contributed by atoms with van der Waals surface area (Å²) in [7, 11) is -2.14. The molecule has 0 heterocycles. The van der Waals surface area contributed by atoms with E-state index >= 15 is 0 Å². The molecule has 0 aliphatic carbocycles. The molecular formula is C14H16N2O3S. The molecule has 3 N–H and O–H groups in total. The van der Waals surface area contributed by atoms with Gasteiger partial charge in [0.05, 0.1) is 12.8 Å². The van der Waals surface area contributed by atoms with Crippen molar-refractivity contribution in [1.29, 1.82) is 0 Å². The van der Waals surface area contributed by atoms with Gasteiger partial charge < -0.3 is 10.1 Å². The highest BCUT2D eigenvalue weighted by atomic mass is 32.2. The Morgan fingerprint density at radius 2 is 1.90 bits per heavy atom. The second-order valence-electron chi connectivity index (χ2n) is 4.25. The van der Waals surface area contributed by atoms with Crippen LogP contribution in [0.15, 0.2) is 53.4 Å². The van der Waals surface area contributed by atoms with E-state index in [1.165, 1.54) is 6.07 Å². The van der Waals surface area contributed by atoms with Gasteiger partial charge in [-0.2, -0.15) is 0 Å². The third-order valence-corrected chi connectivity index (χ3v) is 3.78. The Kier molecular flexibility index (Phi) is 4.26. The average Bonchev–Trinajstić information content (AvgIpc) is 2.44. The highest BCUT2D eigenvalue weighted by Gasteiger charge is 2.12. The molecule has 0 unspecified atom stereocenters. The van der Waals surface area contributed by atoms with E-state index in [0.29, 0.717) is 12.2 Å². The number of hydrogen-bond acceptors (Lipinski definition) is 4. The van der Waals surface area contributed by atoms with Crippen molar-refractivity contribution in [2.75, 3.05) is 12.4 Å². The van der Waals surface area contributed by atoms with E-state index in [9.17, 15) is 8.42 Å². The number of hydrogen-bond donors (Lipinski definition) is 2. The molecule has 0 aliphatic rings. The first-order valence-corrected chi connectivity index (χ1v) is 7.54. The minimum absolute atomic E-state index is 0.0860. The van der Waals surface area contributed by atoms with Crippen LogP contribution in [-0.4, -0.2) is 15.5 Å². The minimum atomic E-state index is -3.74. The van der Waals surface area contributed by atoms with Gasteiger partial charge in [-0.15, -0.1) is 0 Å². The van der Waals surface area contributed by atoms with Crippen LogP contribution in [0.2, 0.25) is 0 Å². The number of para-hydroxylation sites is 1. The smallest absolute Gasteiger partial charge is 0.240 e. The highest BCUT2D eigenvalue weighted by molar-refractivity contribution is 7.89. The molecule has 2 aromatic rings. The molecule has 0 bridgehead atoms. The van der Waals surface area contributed by atoms with Gasteiger partial charge >= 0.3 is 0 Å². The van der Waals surface area contributed by atoms with Crippen LogP contribution >= 0.6 is 0 Å². The Labute approximate surface area is 118 Å². The molecule has 2 rings (SSSR count). The Hall–Kier alpha value is -2.05. The van der Waals surface area contributed by atoms with Crippen LogP contribution < -0.4 is 15.2 Å². The van der Waals surface area contributed by atoms with Crippen molar-refractivity contribution in [3.63, 3.8) is 0 Å². The first-order chi connectivity index (χ1) is 9.50. The number of nitrogens with one attached hydrogen (secondary N) is 1. The van der Waals surface area contributed by atoms with Gasteiger partial charge in [-0.05, 0) is 29.8 Å². The maximum absolute atomic E-state index is 11.5. The lowest BCUT2D eigenvalue weighted by Crippen LogP contribution is -2.15. The van der Waals surface area contributed by atoms with Gasteiger partial charge in [0.2, 0.25) is 10.0 Å². The molecule has 6 heteroatoms. The number of benzene rings is 2. The predicted molar refractivity (Wildman–Crippen MR) is 78.1 cm³/mol. The number of anilines is 1. The third-order valence-electron chi connectivity index (χ3n) is 2.81. The molecule has 0 saturated heterocycles. The first kappa shape index (κ1) is 14.4. The van der Waals surface area contributed by atoms with Crippen molar-refractivity contribution < 1.29 is 13.2 Å². The van der Waals surface area contributed by atoms with Gasteiger partial charge in [-0.25, -0.2) is 13.6 Å². The molecule has 0 saturated carbocycles. The molecule has 2 aromatic carbocycles. The summed E-state index contributed by atoms with van der Waals surface area (Å²) in [5.41, 5.74) is 1.46. The van der Waals surface area contributed by atoms with Crippen LogP contribution in [-0.2, 0) is 16.6 Å². The monoisotopic (exact) mass is 292 g/mol. The zero-order valence-electron chi connectivity index (χ0n) is 11.0. The van der Waals surface area contributed by atoms with E-state index in [0.717, 1.165) is 11.3 Å². The van der Waals surface area contributed by atoms with Crippen LogP contribution in [0.3, 0.4) is 0 Å². The Balaban J connectivity index is 2.19. The number of methoxy groups -OCH3 is 1. The molecule has 0 fully saturated rings. The maximum Gasteiger partial charge on any atom is 0.240 e. The molecule has 0 spiro atoms. The quantitative estimate of drug-likeness (QED) is 0.882. The number of rotatable bonds is 5. The van der Waals surface area contributed by atoms with Gasteiger partial charge in [-0.1, -0.05) is 24.3 Å². The lowest BCUT2D eigenvalue weighted by molar-refractivity contribution is 0.414. The number of nitrogens with two attached hydrogens (primary N) is 1. The summed E-state index contributed by atoms with van der Waals surface area (Å²) in [5.74, 6) is 0.754. The second kappa shape index (κ2) is 5.94. The van der Waals surface area contributed by atoms with Crippen molar-refractivity contribution in [3.05, 3.63) is 54.1 Å². The SMILES string of the molecule is COc1cccc(CNc2ccccc2S(N)(=O)=O)c1. The zero-order chi connectivity index (χ0) is 14.6. The lowest BCUT2D eigenvalue weighted by Gasteiger charge is -2.11. The topological polar surface area (TPSA) is 81.4 Å². The standard InChI is InChI=1S/C14H16N2O3S/c1-19-12-6-4-5-11(9-12)10-16-13-7-2-3-8-14(13)20(15,17)18/h2-9,16H,10H2,1H3,(H2,15,17,18). The van der Waals surface area contributed by atoms with E-state index in [1.54, 1.807) is 25.3 Å². The van der Waals surface area contributed by atoms with Crippen molar-refractivity contribution in [1.82, 2.24) is 0 Å². The summed E-state index contributed by atoms with van der Waals surface area (Å²) >= 11 is 0. The van der Waals surface area contributed by atoms with Crippen LogP contribution in [0, 0.1) is 0 Å². The summed E-state index contributed by atoms with van der Waals surface area (Å²) in [4.78, 5) is 0.0860. The number of ether oxygens (including phenoxy) is 1. The van der Waals surface area contributed by atoms with Crippen LogP contribution in [0.5, 0.6) is 5.75 Å². The van der Waals surface area contributed by atoms with Crippen molar-refractivity contribution in [3.8, 4) is 5.75 Å². The van der Waals surface area contributed by atoms with Crippen molar-refractivity contribution in [2.45, 2.75) is 11.4 Å². The summed E-state index contributed by atoms with van der Waals surface area (Å²) in [6.45, 7) is 0.476. The lowest BCUT2D eigenvalue weighted by atomic mass is 10.2. The fourth-order valence-electron chi connectivity index (χ4n) is 1.84. The second-order valence-corrected chi connectivity index (χ2v) is 5.78. The Morgan fingerprint density at radius 1 is 1.15 bits per heavy atom. The van der Waals surface area contributed by atoms with Gasteiger partial charge in [-0.3, -0.25) is 0 Å². The van der Waals surface area contributed by atoms with E-state index in [-0.39, 0.29) is 4.90 Å². The van der Waals surface area contributed by atoms with Gasteiger partial charge in [0.1, 0.15) is 10.6 Å². The third kappa shape index (κ3) is 3.49. The predicted octanol–water partition coefficient (Wildman–Crippen LogP) is 1.95. The van der Waals surface area contributed by atoms with Crippen LogP contribution in [0.25, 0.3) is 0 Å². The molecular weight excluding hydrogens is 276 g/mol. The largest absolute Gasteiger partial charge is 0.497 e. The zero-order valence-corrected chi connectivity index (χ0v) is 11.9. The van der Waals surface area contributed by atoms with Gasteiger partial charge in [0, 0.05) is 6.54 Å². The molecule has 20 heavy (non-hydrogen) atoms. The van der Waals surface area contributed by atoms with E-state index in [4.69, 9.17) is 9.88 Å². The van der Waals surface area contributed by atoms with E-state index in [2.05, 4.69) is 5.32 Å². The molecule has 5 nitrogen and oxygen atoms in total.